The molecular weight excluding hydrogens is 257 g/mol. The number of halogens is 3. The molecule has 1 rings (SSSR count). The zero-order chi connectivity index (χ0) is 14.6. The van der Waals surface area contributed by atoms with Crippen molar-refractivity contribution in [2.45, 2.75) is 26.4 Å². The molecule has 0 radical (unpaired) electrons. The van der Waals surface area contributed by atoms with Crippen molar-refractivity contribution >= 4 is 11.8 Å². The van der Waals surface area contributed by atoms with Crippen LogP contribution in [-0.4, -0.2) is 30.6 Å². The van der Waals surface area contributed by atoms with Gasteiger partial charge in [0.05, 0.1) is 0 Å². The first kappa shape index (κ1) is 15.5. The maximum Gasteiger partial charge on any atom is 0.433 e. The first-order valence-corrected chi connectivity index (χ1v) is 6.09. The molecule has 0 aliphatic heterocycles. The van der Waals surface area contributed by atoms with Crippen LogP contribution in [-0.2, 0) is 6.18 Å². The maximum atomic E-state index is 12.7. The lowest BCUT2D eigenvalue weighted by molar-refractivity contribution is -0.141. The van der Waals surface area contributed by atoms with Gasteiger partial charge < -0.3 is 10.2 Å². The third-order valence-corrected chi connectivity index (χ3v) is 2.66. The maximum absolute atomic E-state index is 12.7. The smallest absolute Gasteiger partial charge is 0.359 e. The van der Waals surface area contributed by atoms with Crippen LogP contribution in [0.5, 0.6) is 0 Å². The van der Waals surface area contributed by atoms with E-state index >= 15 is 0 Å². The molecule has 0 saturated heterocycles. The van der Waals surface area contributed by atoms with E-state index in [-0.39, 0.29) is 11.8 Å². The molecule has 0 aromatic carbocycles. The Hall–Kier alpha value is -1.53. The Morgan fingerprint density at radius 1 is 1.32 bits per heavy atom. The molecule has 0 saturated carbocycles. The highest BCUT2D eigenvalue weighted by atomic mass is 19.4. The number of nitrogens with one attached hydrogen (secondary N) is 1. The predicted molar refractivity (Wildman–Crippen MR) is 69.3 cm³/mol. The summed E-state index contributed by atoms with van der Waals surface area (Å²) in [7, 11) is 3.22. The van der Waals surface area contributed by atoms with Crippen molar-refractivity contribution in [1.82, 2.24) is 9.97 Å². The SMILES string of the molecule is CNc1nc(N(C)CCC(C)C)cc(C(F)(F)F)n1. The second-order valence-electron chi connectivity index (χ2n) is 4.79. The summed E-state index contributed by atoms with van der Waals surface area (Å²) in [6.07, 6.45) is -3.58. The quantitative estimate of drug-likeness (QED) is 0.897. The van der Waals surface area contributed by atoms with E-state index < -0.39 is 11.9 Å². The van der Waals surface area contributed by atoms with Crippen molar-refractivity contribution in [2.24, 2.45) is 5.92 Å². The van der Waals surface area contributed by atoms with E-state index in [1.807, 2.05) is 0 Å². The molecule has 0 atom stereocenters. The van der Waals surface area contributed by atoms with Gasteiger partial charge in [-0.05, 0) is 12.3 Å². The summed E-state index contributed by atoms with van der Waals surface area (Å²) < 4.78 is 38.2. The van der Waals surface area contributed by atoms with Gasteiger partial charge in [-0.1, -0.05) is 13.8 Å². The van der Waals surface area contributed by atoms with Gasteiger partial charge in [-0.3, -0.25) is 0 Å². The Kier molecular flexibility index (Phi) is 4.97. The fourth-order valence-corrected chi connectivity index (χ4v) is 1.45. The van der Waals surface area contributed by atoms with Crippen molar-refractivity contribution in [1.29, 1.82) is 0 Å². The van der Waals surface area contributed by atoms with Crippen LogP contribution in [0.15, 0.2) is 6.07 Å². The first-order valence-electron chi connectivity index (χ1n) is 6.09. The molecule has 0 fully saturated rings. The third-order valence-electron chi connectivity index (χ3n) is 2.66. The molecule has 1 heterocycles. The largest absolute Gasteiger partial charge is 0.433 e. The molecular formula is C12H19F3N4. The Morgan fingerprint density at radius 3 is 2.42 bits per heavy atom. The minimum Gasteiger partial charge on any atom is -0.359 e. The number of anilines is 2. The highest BCUT2D eigenvalue weighted by molar-refractivity contribution is 5.44. The molecule has 0 spiro atoms. The van der Waals surface area contributed by atoms with Crippen LogP contribution in [0, 0.1) is 5.92 Å². The van der Waals surface area contributed by atoms with Crippen molar-refractivity contribution in [3.8, 4) is 0 Å². The molecule has 108 valence electrons. The van der Waals surface area contributed by atoms with E-state index in [0.717, 1.165) is 12.5 Å². The van der Waals surface area contributed by atoms with E-state index in [0.29, 0.717) is 12.5 Å². The van der Waals surface area contributed by atoms with Crippen LogP contribution in [0.4, 0.5) is 24.9 Å². The second-order valence-corrected chi connectivity index (χ2v) is 4.79. The topological polar surface area (TPSA) is 41.1 Å². The summed E-state index contributed by atoms with van der Waals surface area (Å²) in [6, 6.07) is 0.973. The lowest BCUT2D eigenvalue weighted by Gasteiger charge is -2.20. The van der Waals surface area contributed by atoms with Gasteiger partial charge in [0.2, 0.25) is 5.95 Å². The van der Waals surface area contributed by atoms with Crippen LogP contribution in [0.3, 0.4) is 0 Å². The van der Waals surface area contributed by atoms with Gasteiger partial charge in [0.25, 0.3) is 0 Å². The van der Waals surface area contributed by atoms with Gasteiger partial charge in [0, 0.05) is 26.7 Å². The van der Waals surface area contributed by atoms with E-state index in [9.17, 15) is 13.2 Å². The van der Waals surface area contributed by atoms with Crippen LogP contribution in [0.25, 0.3) is 0 Å². The normalized spacial score (nSPS) is 11.8. The minimum absolute atomic E-state index is 0.0266. The zero-order valence-corrected chi connectivity index (χ0v) is 11.5. The highest BCUT2D eigenvalue weighted by Gasteiger charge is 2.34. The van der Waals surface area contributed by atoms with E-state index in [4.69, 9.17) is 0 Å². The summed E-state index contributed by atoms with van der Waals surface area (Å²) in [5.41, 5.74) is -0.932. The molecule has 4 nitrogen and oxygen atoms in total. The average molecular weight is 276 g/mol. The summed E-state index contributed by atoms with van der Waals surface area (Å²) >= 11 is 0. The second kappa shape index (κ2) is 6.08. The fourth-order valence-electron chi connectivity index (χ4n) is 1.45. The molecule has 0 amide bonds. The van der Waals surface area contributed by atoms with Gasteiger partial charge in [-0.25, -0.2) is 4.98 Å². The van der Waals surface area contributed by atoms with E-state index in [1.54, 1.807) is 11.9 Å². The standard InChI is InChI=1S/C12H19F3N4/c1-8(2)5-6-19(4)10-7-9(12(13,14)15)17-11(16-3)18-10/h7-8H,5-6H2,1-4H3,(H,16,17,18). The third kappa shape index (κ3) is 4.57. The monoisotopic (exact) mass is 276 g/mol. The number of rotatable bonds is 5. The number of hydrogen-bond donors (Lipinski definition) is 1. The Labute approximate surface area is 111 Å². The highest BCUT2D eigenvalue weighted by Crippen LogP contribution is 2.30. The summed E-state index contributed by atoms with van der Waals surface area (Å²) in [6.45, 7) is 4.77. The van der Waals surface area contributed by atoms with Crippen molar-refractivity contribution in [3.05, 3.63) is 11.8 Å². The van der Waals surface area contributed by atoms with Gasteiger partial charge in [-0.2, -0.15) is 18.2 Å². The Bertz CT molecular complexity index is 418. The lowest BCUT2D eigenvalue weighted by atomic mass is 10.1. The molecule has 1 N–H and O–H groups in total. The molecule has 0 aliphatic carbocycles. The molecule has 7 heteroatoms. The zero-order valence-electron chi connectivity index (χ0n) is 11.5. The van der Waals surface area contributed by atoms with Crippen molar-refractivity contribution < 1.29 is 13.2 Å². The van der Waals surface area contributed by atoms with Crippen LogP contribution < -0.4 is 10.2 Å². The van der Waals surface area contributed by atoms with Crippen molar-refractivity contribution in [2.75, 3.05) is 30.9 Å². The van der Waals surface area contributed by atoms with Crippen LogP contribution in [0.1, 0.15) is 26.0 Å². The number of hydrogen-bond acceptors (Lipinski definition) is 4. The van der Waals surface area contributed by atoms with E-state index in [2.05, 4.69) is 29.1 Å². The van der Waals surface area contributed by atoms with E-state index in [1.165, 1.54) is 7.05 Å². The van der Waals surface area contributed by atoms with Crippen LogP contribution >= 0.6 is 0 Å². The number of nitrogens with zero attached hydrogens (tertiary/aromatic N) is 3. The van der Waals surface area contributed by atoms with Crippen LogP contribution in [0.2, 0.25) is 0 Å². The molecule has 0 aliphatic rings. The van der Waals surface area contributed by atoms with Gasteiger partial charge in [0.1, 0.15) is 5.82 Å². The summed E-state index contributed by atoms with van der Waals surface area (Å²) in [5, 5.41) is 2.55. The molecule has 0 unspecified atom stereocenters. The Morgan fingerprint density at radius 2 is 1.95 bits per heavy atom. The summed E-state index contributed by atoms with van der Waals surface area (Å²) in [4.78, 5) is 9.18. The average Bonchev–Trinajstić information content (AvgIpc) is 2.34. The molecule has 1 aromatic heterocycles. The molecule has 0 bridgehead atoms. The fraction of sp³-hybridized carbons (Fsp3) is 0.667. The lowest BCUT2D eigenvalue weighted by Crippen LogP contribution is -2.23. The summed E-state index contributed by atoms with van der Waals surface area (Å²) in [5.74, 6) is 0.726. The Balaban J connectivity index is 2.99. The van der Waals surface area contributed by atoms with Gasteiger partial charge >= 0.3 is 6.18 Å². The molecule has 19 heavy (non-hydrogen) atoms. The predicted octanol–water partition coefficient (Wildman–Crippen LogP) is 3.02. The number of aromatic nitrogens is 2. The minimum atomic E-state index is -4.47. The van der Waals surface area contributed by atoms with Gasteiger partial charge in [0.15, 0.2) is 5.69 Å². The number of alkyl halides is 3. The van der Waals surface area contributed by atoms with Gasteiger partial charge in [-0.15, -0.1) is 0 Å². The molecule has 1 aromatic rings. The first-order chi connectivity index (χ1) is 8.74. The van der Waals surface area contributed by atoms with Crippen molar-refractivity contribution in [3.63, 3.8) is 0 Å².